The van der Waals surface area contributed by atoms with Crippen LogP contribution < -0.4 is 9.80 Å². The van der Waals surface area contributed by atoms with Crippen LogP contribution >= 0.6 is 0 Å². The summed E-state index contributed by atoms with van der Waals surface area (Å²) in [6.07, 6.45) is 32.8. The lowest BCUT2D eigenvalue weighted by atomic mass is 9.77. The first-order valence-corrected chi connectivity index (χ1v) is 30.8. The molecule has 3 heteroatoms. The van der Waals surface area contributed by atoms with Gasteiger partial charge in [-0.05, 0) is 215 Å². The van der Waals surface area contributed by atoms with Gasteiger partial charge in [-0.25, -0.2) is 0 Å². The molecule has 0 aliphatic heterocycles. The molecule has 7 aromatic carbocycles. The van der Waals surface area contributed by atoms with E-state index in [-0.39, 0.29) is 5.41 Å². The van der Waals surface area contributed by atoms with Gasteiger partial charge in [-0.2, -0.15) is 0 Å². The van der Waals surface area contributed by atoms with E-state index in [0.29, 0.717) is 11.8 Å². The van der Waals surface area contributed by atoms with Gasteiger partial charge in [-0.3, -0.25) is 0 Å². The predicted molar refractivity (Wildman–Crippen MR) is 355 cm³/mol. The number of nitrogens with zero attached hydrogens (tertiary/aromatic N) is 3. The number of rotatable bonds is 30. The van der Waals surface area contributed by atoms with Crippen LogP contribution in [0.5, 0.6) is 0 Å². The number of allylic oxidation sites excluding steroid dienone is 7. The van der Waals surface area contributed by atoms with Crippen molar-refractivity contribution in [3.05, 3.63) is 264 Å². The Bertz CT molecular complexity index is 3230. The van der Waals surface area contributed by atoms with Crippen molar-refractivity contribution in [2.45, 2.75) is 163 Å². The lowest BCUT2D eigenvalue weighted by molar-refractivity contribution is 0.323. The van der Waals surface area contributed by atoms with E-state index >= 15 is 0 Å². The number of unbranched alkanes of at least 4 members (excludes halogenated alkanes) is 6. The van der Waals surface area contributed by atoms with Gasteiger partial charge in [0, 0.05) is 62.5 Å². The standard InChI is InChI=1S/C78H93N3/c1-9-29-68(13-5)80(69(30-10-2)31-11-3)72-55-57-73(58-56-72)81(70-35-20-18-21-36-70)71-53-45-63(46-54-71)34-23-22-33-62-43-49-66(50-44-62)67(60-78(6,7)8)52-51-64(12-4)65-47-41-61(42-48-65)32-19-16-14-15-17-28-59-79-76-39-26-24-37-74(76)75-38-25-27-40-77(75)79/h9-11,13,18,20-21,24-27,29-31,35-50,53-58,64,67H,2,12,14-17,19,22-23,28,32-34,51-52,59-60H2,1,3-8H3/b29-9-,31-11-,68-13+,69-30+. The van der Waals surface area contributed by atoms with Crippen molar-refractivity contribution in [1.82, 2.24) is 4.57 Å². The molecule has 0 bridgehead atoms. The summed E-state index contributed by atoms with van der Waals surface area (Å²) in [4.78, 5) is 4.62. The smallest absolute Gasteiger partial charge is 0.0491 e. The first-order valence-electron chi connectivity index (χ1n) is 30.8. The van der Waals surface area contributed by atoms with Crippen LogP contribution in [-0.2, 0) is 25.8 Å². The van der Waals surface area contributed by atoms with Crippen molar-refractivity contribution in [3.63, 3.8) is 0 Å². The number of benzene rings is 7. The fourth-order valence-electron chi connectivity index (χ4n) is 12.3. The van der Waals surface area contributed by atoms with E-state index in [9.17, 15) is 0 Å². The molecule has 8 aromatic rings. The Morgan fingerprint density at radius 3 is 1.43 bits per heavy atom. The molecule has 0 spiro atoms. The van der Waals surface area contributed by atoms with Crippen molar-refractivity contribution < 1.29 is 0 Å². The number of hydrogen-bond donors (Lipinski definition) is 0. The van der Waals surface area contributed by atoms with Crippen LogP contribution in [0.3, 0.4) is 0 Å². The Morgan fingerprint density at radius 2 is 0.914 bits per heavy atom. The van der Waals surface area contributed by atoms with Crippen molar-refractivity contribution >= 4 is 44.6 Å². The second kappa shape index (κ2) is 30.5. The third-order valence-electron chi connectivity index (χ3n) is 16.4. The van der Waals surface area contributed by atoms with Gasteiger partial charge in [0.25, 0.3) is 0 Å². The van der Waals surface area contributed by atoms with Gasteiger partial charge < -0.3 is 14.4 Å². The Balaban J connectivity index is 0.791. The largest absolute Gasteiger partial charge is 0.340 e. The average Bonchev–Trinajstić information content (AvgIpc) is 4.08. The summed E-state index contributed by atoms with van der Waals surface area (Å²) in [5, 5.41) is 2.76. The number of hydrogen-bond acceptors (Lipinski definition) is 2. The van der Waals surface area contributed by atoms with Gasteiger partial charge in [0.15, 0.2) is 0 Å². The Labute approximate surface area is 489 Å². The Kier molecular flexibility index (Phi) is 22.5. The number of aryl methyl sites for hydroxylation is 4. The number of fused-ring (bicyclic) bond motifs is 3. The third-order valence-corrected chi connectivity index (χ3v) is 16.4. The molecule has 8 rings (SSSR count). The van der Waals surface area contributed by atoms with Crippen LogP contribution in [0.15, 0.2) is 236 Å². The molecule has 2 unspecified atom stereocenters. The molecule has 1 heterocycles. The highest BCUT2D eigenvalue weighted by atomic mass is 15.2. The zero-order chi connectivity index (χ0) is 56.8. The van der Waals surface area contributed by atoms with Crippen molar-refractivity contribution in [1.29, 1.82) is 0 Å². The molecule has 0 amide bonds. The number of anilines is 4. The molecule has 3 nitrogen and oxygen atoms in total. The summed E-state index contributed by atoms with van der Waals surface area (Å²) in [7, 11) is 0. The molecule has 81 heavy (non-hydrogen) atoms. The second-order valence-electron chi connectivity index (χ2n) is 23.6. The molecule has 0 saturated carbocycles. The van der Waals surface area contributed by atoms with Gasteiger partial charge in [0.1, 0.15) is 0 Å². The molecule has 0 aliphatic rings. The van der Waals surface area contributed by atoms with Crippen LogP contribution in [0.1, 0.15) is 165 Å². The Hall–Kier alpha value is -7.36. The quantitative estimate of drug-likeness (QED) is 0.0328. The van der Waals surface area contributed by atoms with E-state index in [0.717, 1.165) is 60.0 Å². The average molecular weight is 1070 g/mol. The van der Waals surface area contributed by atoms with Gasteiger partial charge >= 0.3 is 0 Å². The van der Waals surface area contributed by atoms with Crippen LogP contribution in [0.2, 0.25) is 0 Å². The normalized spacial score (nSPS) is 13.2. The van der Waals surface area contributed by atoms with Gasteiger partial charge in [-0.1, -0.05) is 200 Å². The van der Waals surface area contributed by atoms with E-state index in [4.69, 9.17) is 0 Å². The van der Waals surface area contributed by atoms with Crippen LogP contribution in [0, 0.1) is 5.41 Å². The van der Waals surface area contributed by atoms with Crippen molar-refractivity contribution in [2.75, 3.05) is 9.80 Å². The lowest BCUT2D eigenvalue weighted by Gasteiger charge is -2.29. The van der Waals surface area contributed by atoms with E-state index in [1.807, 2.05) is 6.08 Å². The zero-order valence-electron chi connectivity index (χ0n) is 50.3. The molecule has 0 fully saturated rings. The highest BCUT2D eigenvalue weighted by Crippen LogP contribution is 2.40. The summed E-state index contributed by atoms with van der Waals surface area (Å²) in [6.45, 7) is 20.9. The summed E-state index contributed by atoms with van der Waals surface area (Å²) in [6, 6.07) is 66.1. The van der Waals surface area contributed by atoms with E-state index < -0.39 is 0 Å². The van der Waals surface area contributed by atoms with Crippen molar-refractivity contribution in [3.8, 4) is 0 Å². The van der Waals surface area contributed by atoms with Gasteiger partial charge in [0.05, 0.1) is 0 Å². The monoisotopic (exact) mass is 1070 g/mol. The highest BCUT2D eigenvalue weighted by molar-refractivity contribution is 6.08. The maximum Gasteiger partial charge on any atom is 0.0491 e. The highest BCUT2D eigenvalue weighted by Gasteiger charge is 2.23. The van der Waals surface area contributed by atoms with Crippen molar-refractivity contribution in [2.24, 2.45) is 5.41 Å². The minimum atomic E-state index is 0.273. The Morgan fingerprint density at radius 1 is 0.481 bits per heavy atom. The van der Waals surface area contributed by atoms with Crippen LogP contribution in [0.4, 0.5) is 22.7 Å². The molecule has 0 aliphatic carbocycles. The number of aromatic nitrogens is 1. The fourth-order valence-corrected chi connectivity index (χ4v) is 12.3. The van der Waals surface area contributed by atoms with E-state index in [1.165, 1.54) is 127 Å². The predicted octanol–water partition coefficient (Wildman–Crippen LogP) is 22.8. The third kappa shape index (κ3) is 16.6. The first-order chi connectivity index (χ1) is 39.6. The minimum absolute atomic E-state index is 0.273. The second-order valence-corrected chi connectivity index (χ2v) is 23.6. The lowest BCUT2D eigenvalue weighted by Crippen LogP contribution is -2.20. The first kappa shape index (κ1) is 59.8. The van der Waals surface area contributed by atoms with Gasteiger partial charge in [0.2, 0.25) is 0 Å². The van der Waals surface area contributed by atoms with Gasteiger partial charge in [-0.15, -0.1) is 0 Å². The number of para-hydroxylation sites is 3. The zero-order valence-corrected chi connectivity index (χ0v) is 50.3. The SMILES string of the molecule is C=C/C=C(\C=C/C)N(C(/C=C\C)=C/C)c1ccc(N(c2ccccc2)c2ccc(CCCCc3ccc(C(CCC(CC)c4ccc(CCCCCCCCn5c6ccccc6c6ccccc65)cc4)CC(C)(C)C)cc3)cc2)cc1. The van der Waals surface area contributed by atoms with E-state index in [2.05, 4.69) is 282 Å². The molecule has 0 saturated heterocycles. The molecule has 420 valence electrons. The molecule has 0 N–H and O–H groups in total. The fraction of sp³-hybridized carbons (Fsp3) is 0.333. The summed E-state index contributed by atoms with van der Waals surface area (Å²) in [5.41, 5.74) is 17.0. The summed E-state index contributed by atoms with van der Waals surface area (Å²) < 4.78 is 2.54. The van der Waals surface area contributed by atoms with E-state index in [1.54, 1.807) is 0 Å². The minimum Gasteiger partial charge on any atom is -0.340 e. The van der Waals surface area contributed by atoms with Crippen LogP contribution in [-0.4, -0.2) is 4.57 Å². The maximum absolute atomic E-state index is 4.00. The molecule has 0 radical (unpaired) electrons. The topological polar surface area (TPSA) is 11.4 Å². The molecular weight excluding hydrogens is 979 g/mol. The van der Waals surface area contributed by atoms with Crippen LogP contribution in [0.25, 0.3) is 21.8 Å². The molecule has 1 aromatic heterocycles. The summed E-state index contributed by atoms with van der Waals surface area (Å²) >= 11 is 0. The molecular formula is C78H93N3. The molecule has 2 atom stereocenters. The summed E-state index contributed by atoms with van der Waals surface area (Å²) in [5.74, 6) is 1.16. The maximum atomic E-state index is 4.00.